The van der Waals surface area contributed by atoms with Crippen molar-refractivity contribution < 1.29 is 33.3 Å². The summed E-state index contributed by atoms with van der Waals surface area (Å²) in [7, 11) is 0. The molecule has 0 fully saturated rings. The molecule has 0 heterocycles. The van der Waals surface area contributed by atoms with E-state index in [0.717, 1.165) is 23.6 Å². The lowest BCUT2D eigenvalue weighted by atomic mass is 10.0. The van der Waals surface area contributed by atoms with Gasteiger partial charge in [-0.3, -0.25) is 0 Å². The highest BCUT2D eigenvalue weighted by atomic mass is 16.7. The molecule has 0 aliphatic rings. The molecule has 0 aromatic heterocycles. The van der Waals surface area contributed by atoms with Crippen LogP contribution in [0.15, 0.2) is 85.5 Å². The first-order valence-corrected chi connectivity index (χ1v) is 13.1. The SMILES string of the molecule is C=CC(=O)OCCCCOC(=O)Oc1ccc(C(=O)Oc2ccc(-c3ccc(CCCCC)cc3)cc2)cc1. The minimum atomic E-state index is -0.861. The van der Waals surface area contributed by atoms with E-state index in [1.54, 1.807) is 12.1 Å². The van der Waals surface area contributed by atoms with Gasteiger partial charge in [0.05, 0.1) is 18.8 Å². The van der Waals surface area contributed by atoms with E-state index in [9.17, 15) is 14.4 Å². The van der Waals surface area contributed by atoms with E-state index < -0.39 is 18.1 Å². The van der Waals surface area contributed by atoms with E-state index in [2.05, 4.69) is 37.8 Å². The normalized spacial score (nSPS) is 10.4. The highest BCUT2D eigenvalue weighted by Crippen LogP contribution is 2.24. The number of carbonyl (C=O) groups excluding carboxylic acids is 3. The summed E-state index contributed by atoms with van der Waals surface area (Å²) in [6, 6.07) is 21.9. The Morgan fingerprint density at radius 2 is 1.26 bits per heavy atom. The standard InChI is InChI=1S/C32H34O7/c1-3-5-6-9-24-10-12-25(13-11-24)26-14-18-28(19-15-26)38-31(34)27-16-20-29(21-17-27)39-32(35)37-23-8-7-22-36-30(33)4-2/h4,10-21H,2-3,5-9,22-23H2,1H3. The third-order valence-electron chi connectivity index (χ3n) is 5.88. The van der Waals surface area contributed by atoms with Crippen LogP contribution in [0.25, 0.3) is 11.1 Å². The van der Waals surface area contributed by atoms with Gasteiger partial charge < -0.3 is 18.9 Å². The molecule has 0 radical (unpaired) electrons. The third kappa shape index (κ3) is 10.1. The van der Waals surface area contributed by atoms with Crippen LogP contribution in [0.4, 0.5) is 4.79 Å². The molecule has 0 saturated heterocycles. The first-order valence-electron chi connectivity index (χ1n) is 13.1. The van der Waals surface area contributed by atoms with Crippen molar-refractivity contribution in [2.45, 2.75) is 45.4 Å². The van der Waals surface area contributed by atoms with Gasteiger partial charge in [0.2, 0.25) is 0 Å². The Morgan fingerprint density at radius 1 is 0.692 bits per heavy atom. The molecule has 39 heavy (non-hydrogen) atoms. The number of hydrogen-bond acceptors (Lipinski definition) is 7. The number of carbonyl (C=O) groups is 3. The van der Waals surface area contributed by atoms with Crippen molar-refractivity contribution in [3.8, 4) is 22.6 Å². The lowest BCUT2D eigenvalue weighted by Crippen LogP contribution is -2.12. The molecule has 0 atom stereocenters. The van der Waals surface area contributed by atoms with E-state index >= 15 is 0 Å². The summed E-state index contributed by atoms with van der Waals surface area (Å²) in [4.78, 5) is 35.3. The van der Waals surface area contributed by atoms with Crippen LogP contribution in [-0.2, 0) is 20.7 Å². The molecule has 0 unspecified atom stereocenters. The maximum absolute atomic E-state index is 12.5. The van der Waals surface area contributed by atoms with Gasteiger partial charge in [-0.1, -0.05) is 62.7 Å². The van der Waals surface area contributed by atoms with Crippen LogP contribution in [0.5, 0.6) is 11.5 Å². The van der Waals surface area contributed by atoms with Gasteiger partial charge >= 0.3 is 18.1 Å². The number of rotatable bonds is 14. The molecule has 3 aromatic carbocycles. The van der Waals surface area contributed by atoms with Crippen LogP contribution in [-0.4, -0.2) is 31.3 Å². The van der Waals surface area contributed by atoms with Crippen molar-refractivity contribution in [3.63, 3.8) is 0 Å². The number of unbranched alkanes of at least 4 members (excludes halogenated alkanes) is 3. The van der Waals surface area contributed by atoms with Crippen LogP contribution in [0.1, 0.15) is 54.9 Å². The zero-order valence-corrected chi connectivity index (χ0v) is 22.2. The minimum Gasteiger partial charge on any atom is -0.463 e. The van der Waals surface area contributed by atoms with Gasteiger partial charge in [0, 0.05) is 6.08 Å². The molecule has 7 heteroatoms. The largest absolute Gasteiger partial charge is 0.513 e. The fourth-order valence-corrected chi connectivity index (χ4v) is 3.70. The Morgan fingerprint density at radius 3 is 1.87 bits per heavy atom. The van der Waals surface area contributed by atoms with Gasteiger partial charge in [-0.05, 0) is 78.8 Å². The number of aryl methyl sites for hydroxylation is 1. The molecule has 3 aromatic rings. The second-order valence-corrected chi connectivity index (χ2v) is 8.87. The average molecular weight is 531 g/mol. The summed E-state index contributed by atoms with van der Waals surface area (Å²) in [5, 5.41) is 0. The molecule has 0 saturated carbocycles. The molecule has 0 aliphatic heterocycles. The van der Waals surface area contributed by atoms with Gasteiger partial charge in [-0.2, -0.15) is 0 Å². The van der Waals surface area contributed by atoms with E-state index in [1.807, 2.05) is 12.1 Å². The predicted octanol–water partition coefficient (Wildman–Crippen LogP) is 7.33. The lowest BCUT2D eigenvalue weighted by molar-refractivity contribution is -0.137. The molecule has 3 rings (SSSR count). The second kappa shape index (κ2) is 15.8. The summed E-state index contributed by atoms with van der Waals surface area (Å²) in [6.45, 7) is 5.86. The van der Waals surface area contributed by atoms with Crippen LogP contribution >= 0.6 is 0 Å². The Hall–Kier alpha value is -4.39. The Labute approximate surface area is 229 Å². The lowest BCUT2D eigenvalue weighted by Gasteiger charge is -2.08. The smallest absolute Gasteiger partial charge is 0.463 e. The molecule has 204 valence electrons. The van der Waals surface area contributed by atoms with Crippen LogP contribution in [0.3, 0.4) is 0 Å². The molecule has 0 aliphatic carbocycles. The molecule has 0 N–H and O–H groups in total. The zero-order valence-electron chi connectivity index (χ0n) is 22.2. The molecule has 0 bridgehead atoms. The monoisotopic (exact) mass is 530 g/mol. The quantitative estimate of drug-likeness (QED) is 0.0709. The van der Waals surface area contributed by atoms with E-state index in [4.69, 9.17) is 18.9 Å². The first kappa shape index (κ1) is 29.2. The van der Waals surface area contributed by atoms with Crippen LogP contribution in [0, 0.1) is 0 Å². The Balaban J connectivity index is 1.42. The second-order valence-electron chi connectivity index (χ2n) is 8.87. The van der Waals surface area contributed by atoms with Gasteiger partial charge in [-0.15, -0.1) is 0 Å². The Kier molecular flexibility index (Phi) is 11.8. The van der Waals surface area contributed by atoms with Gasteiger partial charge in [-0.25, -0.2) is 14.4 Å². The summed E-state index contributed by atoms with van der Waals surface area (Å²) in [5.74, 6) is -0.347. The fourth-order valence-electron chi connectivity index (χ4n) is 3.70. The highest BCUT2D eigenvalue weighted by molar-refractivity contribution is 5.91. The molecule has 7 nitrogen and oxygen atoms in total. The maximum Gasteiger partial charge on any atom is 0.513 e. The molecular formula is C32H34O7. The number of hydrogen-bond donors (Lipinski definition) is 0. The van der Waals surface area contributed by atoms with Gasteiger partial charge in [0.1, 0.15) is 11.5 Å². The van der Waals surface area contributed by atoms with Crippen molar-refractivity contribution >= 4 is 18.1 Å². The summed E-state index contributed by atoms with van der Waals surface area (Å²) in [5.41, 5.74) is 3.80. The van der Waals surface area contributed by atoms with Crippen LogP contribution < -0.4 is 9.47 Å². The number of esters is 2. The third-order valence-corrected chi connectivity index (χ3v) is 5.88. The zero-order chi connectivity index (χ0) is 27.9. The van der Waals surface area contributed by atoms with Crippen LogP contribution in [0.2, 0.25) is 0 Å². The Bertz CT molecular complexity index is 1210. The van der Waals surface area contributed by atoms with Crippen molar-refractivity contribution in [2.24, 2.45) is 0 Å². The predicted molar refractivity (Wildman–Crippen MR) is 149 cm³/mol. The van der Waals surface area contributed by atoms with Gasteiger partial charge in [0.15, 0.2) is 0 Å². The summed E-state index contributed by atoms with van der Waals surface area (Å²) in [6.07, 6.45) is 6.04. The maximum atomic E-state index is 12.5. The number of benzene rings is 3. The van der Waals surface area contributed by atoms with E-state index in [1.165, 1.54) is 49.1 Å². The topological polar surface area (TPSA) is 88.1 Å². The van der Waals surface area contributed by atoms with Crippen molar-refractivity contribution in [1.82, 2.24) is 0 Å². The van der Waals surface area contributed by atoms with E-state index in [-0.39, 0.29) is 19.0 Å². The van der Waals surface area contributed by atoms with E-state index in [0.29, 0.717) is 24.2 Å². The summed E-state index contributed by atoms with van der Waals surface area (Å²) >= 11 is 0. The first-order chi connectivity index (χ1) is 19.0. The highest BCUT2D eigenvalue weighted by Gasteiger charge is 2.11. The van der Waals surface area contributed by atoms with Crippen molar-refractivity contribution in [1.29, 1.82) is 0 Å². The summed E-state index contributed by atoms with van der Waals surface area (Å²) < 4.78 is 20.4. The fraction of sp³-hybridized carbons (Fsp3) is 0.281. The number of ether oxygens (including phenoxy) is 4. The van der Waals surface area contributed by atoms with Gasteiger partial charge in [0.25, 0.3) is 0 Å². The average Bonchev–Trinajstić information content (AvgIpc) is 2.96. The minimum absolute atomic E-state index is 0.123. The molecular weight excluding hydrogens is 496 g/mol. The van der Waals surface area contributed by atoms with Crippen molar-refractivity contribution in [2.75, 3.05) is 13.2 Å². The molecule has 0 amide bonds. The molecule has 0 spiro atoms. The van der Waals surface area contributed by atoms with Crippen molar-refractivity contribution in [3.05, 3.63) is 96.6 Å².